The maximum Gasteiger partial charge on any atom is 0.338 e. The maximum absolute atomic E-state index is 13.6. The number of carbonyl (C=O) groups is 2. The van der Waals surface area contributed by atoms with Crippen molar-refractivity contribution in [3.05, 3.63) is 47.0 Å². The van der Waals surface area contributed by atoms with Crippen molar-refractivity contribution in [2.75, 3.05) is 0 Å². The number of esters is 2. The Labute approximate surface area is 234 Å². The molecule has 3 aliphatic carbocycles. The number of benzene rings is 1. The third-order valence-corrected chi connectivity index (χ3v) is 10.2. The average Bonchev–Trinajstić information content (AvgIpc) is 2.89. The van der Waals surface area contributed by atoms with Gasteiger partial charge in [-0.2, -0.15) is 0 Å². The quantitative estimate of drug-likeness (QED) is 0.231. The van der Waals surface area contributed by atoms with E-state index in [1.54, 1.807) is 45.9 Å². The van der Waals surface area contributed by atoms with Crippen LogP contribution in [0.3, 0.4) is 0 Å². The highest BCUT2D eigenvalue weighted by atomic mass is 16.6. The van der Waals surface area contributed by atoms with E-state index >= 15 is 0 Å². The van der Waals surface area contributed by atoms with Gasteiger partial charge in [0, 0.05) is 30.6 Å². The first kappa shape index (κ1) is 30.6. The van der Waals surface area contributed by atoms with Crippen molar-refractivity contribution >= 4 is 11.9 Å². The molecule has 6 N–H and O–H groups in total. The van der Waals surface area contributed by atoms with Crippen LogP contribution in [0, 0.1) is 16.7 Å². The first-order chi connectivity index (χ1) is 18.5. The van der Waals surface area contributed by atoms with Gasteiger partial charge in [0.2, 0.25) is 0 Å². The van der Waals surface area contributed by atoms with E-state index in [1.807, 2.05) is 0 Å². The predicted molar refractivity (Wildman–Crippen MR) is 143 cm³/mol. The van der Waals surface area contributed by atoms with Crippen LogP contribution in [0.15, 0.2) is 41.5 Å². The SMILES string of the molecule is CC[C@@]1(OC(C)=O)C2[C@H](OC(=O)c3ccccc3)[C@]3(O)C[C@H](O)C(C)=C([C@@H](O)[C@@H](O)[C@]2(C)[C@@H](O)C[C@H]1O)C3(C)C. The third-order valence-electron chi connectivity index (χ3n) is 10.2. The molecule has 0 heterocycles. The zero-order valence-electron chi connectivity index (χ0n) is 23.9. The van der Waals surface area contributed by atoms with Crippen LogP contribution in [0.5, 0.6) is 0 Å². The average molecular weight is 563 g/mol. The van der Waals surface area contributed by atoms with Gasteiger partial charge in [-0.1, -0.05) is 45.9 Å². The van der Waals surface area contributed by atoms with Crippen LogP contribution in [-0.2, 0) is 14.3 Å². The Hall–Kier alpha value is -2.34. The van der Waals surface area contributed by atoms with Crippen LogP contribution in [0.4, 0.5) is 0 Å². The molecule has 2 saturated carbocycles. The molecule has 4 rings (SSSR count). The van der Waals surface area contributed by atoms with Gasteiger partial charge in [-0.25, -0.2) is 4.79 Å². The molecule has 0 radical (unpaired) electrons. The van der Waals surface area contributed by atoms with Crippen molar-refractivity contribution in [2.45, 2.75) is 109 Å². The molecule has 1 aromatic rings. The van der Waals surface area contributed by atoms with Gasteiger partial charge >= 0.3 is 11.9 Å². The zero-order valence-corrected chi connectivity index (χ0v) is 23.9. The van der Waals surface area contributed by atoms with Gasteiger partial charge in [-0.15, -0.1) is 0 Å². The first-order valence-electron chi connectivity index (χ1n) is 13.8. The summed E-state index contributed by atoms with van der Waals surface area (Å²) in [6.45, 7) is 9.11. The third kappa shape index (κ3) is 4.15. The van der Waals surface area contributed by atoms with Gasteiger partial charge < -0.3 is 40.1 Å². The van der Waals surface area contributed by atoms with Crippen molar-refractivity contribution in [3.63, 3.8) is 0 Å². The van der Waals surface area contributed by atoms with Crippen molar-refractivity contribution < 1.29 is 49.7 Å². The Kier molecular flexibility index (Phi) is 7.79. The van der Waals surface area contributed by atoms with Crippen LogP contribution in [0.2, 0.25) is 0 Å². The summed E-state index contributed by atoms with van der Waals surface area (Å²) in [4.78, 5) is 26.2. The van der Waals surface area contributed by atoms with Crippen LogP contribution >= 0.6 is 0 Å². The van der Waals surface area contributed by atoms with Gasteiger partial charge in [-0.3, -0.25) is 4.79 Å². The first-order valence-corrected chi connectivity index (χ1v) is 13.8. The second-order valence-corrected chi connectivity index (χ2v) is 12.5. The minimum atomic E-state index is -2.11. The van der Waals surface area contributed by atoms with Crippen LogP contribution in [-0.4, -0.2) is 90.4 Å². The molecule has 222 valence electrons. The molecule has 1 unspecified atom stereocenters. The van der Waals surface area contributed by atoms with E-state index in [0.29, 0.717) is 5.57 Å². The van der Waals surface area contributed by atoms with E-state index in [0.717, 1.165) is 6.92 Å². The summed E-state index contributed by atoms with van der Waals surface area (Å²) >= 11 is 0. The molecule has 0 spiro atoms. The van der Waals surface area contributed by atoms with Gasteiger partial charge in [0.25, 0.3) is 0 Å². The van der Waals surface area contributed by atoms with Crippen LogP contribution < -0.4 is 0 Å². The standard InChI is InChI=1S/C30H42O10/c1-7-29(40-16(3)31)20(34)13-19(33)28(6)23(29)25(39-26(37)17-11-9-8-10-12-17)30(38)14-18(32)15(2)21(27(30,4)5)22(35)24(28)36/h8-12,18-20,22-25,32-36,38H,7,13-14H2,1-6H3/t18-,19-,20+,22+,23?,24+,25-,28+,29-,30+/m0/s1. The largest absolute Gasteiger partial charge is 0.456 e. The summed E-state index contributed by atoms with van der Waals surface area (Å²) in [6.07, 6.45) is -9.95. The zero-order chi connectivity index (χ0) is 30.0. The molecular weight excluding hydrogens is 520 g/mol. The predicted octanol–water partition coefficient (Wildman–Crippen LogP) is 1.25. The topological polar surface area (TPSA) is 174 Å². The molecule has 3 aliphatic rings. The number of hydrogen-bond donors (Lipinski definition) is 6. The molecule has 2 bridgehead atoms. The molecule has 2 fully saturated rings. The lowest BCUT2D eigenvalue weighted by atomic mass is 9.44. The van der Waals surface area contributed by atoms with Gasteiger partial charge in [0.15, 0.2) is 0 Å². The Morgan fingerprint density at radius 2 is 1.60 bits per heavy atom. The number of aliphatic hydroxyl groups excluding tert-OH is 5. The summed E-state index contributed by atoms with van der Waals surface area (Å²) in [5, 5.41) is 70.3. The highest BCUT2D eigenvalue weighted by Gasteiger charge is 2.74. The molecule has 10 atom stereocenters. The van der Waals surface area contributed by atoms with Crippen molar-refractivity contribution in [1.82, 2.24) is 0 Å². The lowest BCUT2D eigenvalue weighted by Gasteiger charge is -2.66. The van der Waals surface area contributed by atoms with Crippen LogP contribution in [0.25, 0.3) is 0 Å². The maximum atomic E-state index is 13.6. The highest BCUT2D eigenvalue weighted by molar-refractivity contribution is 5.89. The fourth-order valence-corrected chi connectivity index (χ4v) is 7.88. The number of ether oxygens (including phenoxy) is 2. The smallest absolute Gasteiger partial charge is 0.338 e. The van der Waals surface area contributed by atoms with E-state index in [1.165, 1.54) is 19.1 Å². The second kappa shape index (κ2) is 10.2. The van der Waals surface area contributed by atoms with Gasteiger partial charge in [0.05, 0.1) is 35.9 Å². The molecule has 40 heavy (non-hydrogen) atoms. The van der Waals surface area contributed by atoms with Crippen molar-refractivity contribution in [3.8, 4) is 0 Å². The molecular formula is C30H42O10. The molecule has 1 aromatic carbocycles. The Bertz CT molecular complexity index is 1180. The lowest BCUT2D eigenvalue weighted by molar-refractivity contribution is -0.311. The number of aliphatic hydroxyl groups is 6. The number of hydrogen-bond acceptors (Lipinski definition) is 10. The second-order valence-electron chi connectivity index (χ2n) is 12.5. The summed E-state index contributed by atoms with van der Waals surface area (Å²) in [7, 11) is 0. The summed E-state index contributed by atoms with van der Waals surface area (Å²) < 4.78 is 12.0. The number of rotatable bonds is 4. The normalized spacial score (nSPS) is 42.8. The molecule has 10 nitrogen and oxygen atoms in total. The van der Waals surface area contributed by atoms with E-state index < -0.39 is 76.5 Å². The minimum absolute atomic E-state index is 0.0380. The molecule has 0 amide bonds. The molecule has 0 aromatic heterocycles. The number of fused-ring (bicyclic) bond motifs is 3. The minimum Gasteiger partial charge on any atom is -0.456 e. The van der Waals surface area contributed by atoms with E-state index in [4.69, 9.17) is 9.47 Å². The summed E-state index contributed by atoms with van der Waals surface area (Å²) in [6, 6.07) is 8.03. The van der Waals surface area contributed by atoms with Gasteiger partial charge in [0.1, 0.15) is 23.4 Å². The highest BCUT2D eigenvalue weighted by Crippen LogP contribution is 2.63. The number of carbonyl (C=O) groups excluding carboxylic acids is 2. The van der Waals surface area contributed by atoms with Crippen LogP contribution in [0.1, 0.15) is 71.2 Å². The van der Waals surface area contributed by atoms with E-state index in [9.17, 15) is 40.2 Å². The Balaban J connectivity index is 2.10. The Morgan fingerprint density at radius 1 is 1.00 bits per heavy atom. The van der Waals surface area contributed by atoms with Crippen molar-refractivity contribution in [1.29, 1.82) is 0 Å². The van der Waals surface area contributed by atoms with E-state index in [2.05, 4.69) is 0 Å². The monoisotopic (exact) mass is 562 g/mol. The molecule has 0 saturated heterocycles. The Morgan fingerprint density at radius 3 is 2.15 bits per heavy atom. The van der Waals surface area contributed by atoms with E-state index in [-0.39, 0.29) is 30.4 Å². The summed E-state index contributed by atoms with van der Waals surface area (Å²) in [5.41, 5.74) is -6.48. The molecule has 0 aliphatic heterocycles. The van der Waals surface area contributed by atoms with Gasteiger partial charge in [-0.05, 0) is 36.6 Å². The fraction of sp³-hybridized carbons (Fsp3) is 0.667. The lowest BCUT2D eigenvalue weighted by Crippen LogP contribution is -2.78. The molecule has 10 heteroatoms. The fourth-order valence-electron chi connectivity index (χ4n) is 7.88. The summed E-state index contributed by atoms with van der Waals surface area (Å²) in [5.74, 6) is -3.03. The van der Waals surface area contributed by atoms with Crippen molar-refractivity contribution in [2.24, 2.45) is 16.7 Å².